The van der Waals surface area contributed by atoms with Crippen LogP contribution in [0.3, 0.4) is 0 Å². The zero-order valence-electron chi connectivity index (χ0n) is 11.4. The van der Waals surface area contributed by atoms with Gasteiger partial charge in [0.05, 0.1) is 5.60 Å². The molecule has 1 aromatic heterocycles. The quantitative estimate of drug-likeness (QED) is 0.837. The molecule has 2 rings (SSSR count). The molecule has 0 aliphatic rings. The number of aliphatic hydroxyl groups is 1. The number of pyridine rings is 1. The van der Waals surface area contributed by atoms with Crippen molar-refractivity contribution in [2.24, 2.45) is 0 Å². The monoisotopic (exact) mass is 260 g/mol. The molecule has 19 heavy (non-hydrogen) atoms. The number of nitrogens with one attached hydrogen (secondary N) is 1. The Bertz CT molecular complexity index is 535. The van der Waals surface area contributed by atoms with Crippen LogP contribution in [0.15, 0.2) is 36.5 Å². The van der Waals surface area contributed by atoms with E-state index in [1.54, 1.807) is 20.2 Å². The number of hydrogen-bond donors (Lipinski definition) is 2. The lowest BCUT2D eigenvalue weighted by Crippen LogP contribution is -2.34. The minimum Gasteiger partial charge on any atom is -0.388 e. The highest BCUT2D eigenvalue weighted by molar-refractivity contribution is 5.91. The Kier molecular flexibility index (Phi) is 4.35. The molecule has 4 heteroatoms. The zero-order chi connectivity index (χ0) is 13.7. The molecule has 4 nitrogen and oxygen atoms in total. The highest BCUT2D eigenvalue weighted by atomic mass is 16.5. The van der Waals surface area contributed by atoms with E-state index in [9.17, 15) is 5.11 Å². The standard InChI is InChI=1S/C15H20N2O2/c1-15(18,8-10-19-2)11-17-14-13-6-4-3-5-12(13)7-9-16-14/h3-7,9,18H,8,10-11H2,1-2H3,(H,16,17). The van der Waals surface area contributed by atoms with Gasteiger partial charge in [-0.1, -0.05) is 24.3 Å². The van der Waals surface area contributed by atoms with Crippen LogP contribution < -0.4 is 5.32 Å². The van der Waals surface area contributed by atoms with E-state index in [4.69, 9.17) is 4.74 Å². The summed E-state index contributed by atoms with van der Waals surface area (Å²) in [5.74, 6) is 0.802. The molecule has 0 saturated heterocycles. The molecular formula is C15H20N2O2. The van der Waals surface area contributed by atoms with Crippen molar-refractivity contribution >= 4 is 16.6 Å². The minimum absolute atomic E-state index is 0.442. The smallest absolute Gasteiger partial charge is 0.133 e. The van der Waals surface area contributed by atoms with Gasteiger partial charge in [-0.05, 0) is 18.4 Å². The first kappa shape index (κ1) is 13.8. The highest BCUT2D eigenvalue weighted by Crippen LogP contribution is 2.21. The Labute approximate surface area is 113 Å². The van der Waals surface area contributed by atoms with Crippen LogP contribution in [0.25, 0.3) is 10.8 Å². The molecule has 2 aromatic rings. The van der Waals surface area contributed by atoms with E-state index in [0.29, 0.717) is 19.6 Å². The number of hydrogen-bond acceptors (Lipinski definition) is 4. The molecule has 0 saturated carbocycles. The van der Waals surface area contributed by atoms with E-state index in [2.05, 4.69) is 10.3 Å². The summed E-state index contributed by atoms with van der Waals surface area (Å²) in [6.07, 6.45) is 2.36. The molecule has 0 bridgehead atoms. The topological polar surface area (TPSA) is 54.4 Å². The van der Waals surface area contributed by atoms with Crippen molar-refractivity contribution in [1.82, 2.24) is 4.98 Å². The largest absolute Gasteiger partial charge is 0.388 e. The van der Waals surface area contributed by atoms with Crippen LogP contribution >= 0.6 is 0 Å². The van der Waals surface area contributed by atoms with Gasteiger partial charge >= 0.3 is 0 Å². The number of fused-ring (bicyclic) bond motifs is 1. The Morgan fingerprint density at radius 2 is 2.11 bits per heavy atom. The molecule has 0 amide bonds. The zero-order valence-corrected chi connectivity index (χ0v) is 11.4. The van der Waals surface area contributed by atoms with Crippen molar-refractivity contribution in [3.63, 3.8) is 0 Å². The lowest BCUT2D eigenvalue weighted by molar-refractivity contribution is 0.0357. The predicted molar refractivity (Wildman–Crippen MR) is 77.3 cm³/mol. The summed E-state index contributed by atoms with van der Waals surface area (Å²) in [7, 11) is 1.63. The number of nitrogens with zero attached hydrogens (tertiary/aromatic N) is 1. The number of benzene rings is 1. The van der Waals surface area contributed by atoms with Crippen molar-refractivity contribution in [3.05, 3.63) is 36.5 Å². The molecule has 1 heterocycles. The van der Waals surface area contributed by atoms with Crippen molar-refractivity contribution in [1.29, 1.82) is 0 Å². The molecule has 2 N–H and O–H groups in total. The molecule has 1 aromatic carbocycles. The molecule has 1 atom stereocenters. The van der Waals surface area contributed by atoms with Crippen LogP contribution in [0.5, 0.6) is 0 Å². The van der Waals surface area contributed by atoms with E-state index in [1.165, 1.54) is 0 Å². The molecule has 0 aliphatic carbocycles. The maximum atomic E-state index is 10.2. The van der Waals surface area contributed by atoms with E-state index in [0.717, 1.165) is 16.6 Å². The van der Waals surface area contributed by atoms with Crippen LogP contribution in [-0.4, -0.2) is 36.0 Å². The number of anilines is 1. The van der Waals surface area contributed by atoms with Gasteiger partial charge in [-0.2, -0.15) is 0 Å². The number of methoxy groups -OCH3 is 1. The summed E-state index contributed by atoms with van der Waals surface area (Å²) in [5.41, 5.74) is -0.811. The fraction of sp³-hybridized carbons (Fsp3) is 0.400. The number of rotatable bonds is 6. The van der Waals surface area contributed by atoms with Crippen LogP contribution in [-0.2, 0) is 4.74 Å². The van der Waals surface area contributed by atoms with E-state index >= 15 is 0 Å². The van der Waals surface area contributed by atoms with E-state index in [-0.39, 0.29) is 0 Å². The molecule has 0 spiro atoms. The summed E-state index contributed by atoms with van der Waals surface area (Å²) in [4.78, 5) is 4.34. The van der Waals surface area contributed by atoms with Gasteiger partial charge in [0.25, 0.3) is 0 Å². The summed E-state index contributed by atoms with van der Waals surface area (Å²) < 4.78 is 5.00. The van der Waals surface area contributed by atoms with Gasteiger partial charge in [-0.3, -0.25) is 0 Å². The van der Waals surface area contributed by atoms with Crippen molar-refractivity contribution in [3.8, 4) is 0 Å². The van der Waals surface area contributed by atoms with E-state index in [1.807, 2.05) is 30.3 Å². The second kappa shape index (κ2) is 5.99. The molecule has 1 unspecified atom stereocenters. The molecule has 0 fully saturated rings. The Hall–Kier alpha value is -1.65. The number of ether oxygens (including phenoxy) is 1. The van der Waals surface area contributed by atoms with Crippen LogP contribution in [0.4, 0.5) is 5.82 Å². The second-order valence-corrected chi connectivity index (χ2v) is 4.97. The second-order valence-electron chi connectivity index (χ2n) is 4.97. The highest BCUT2D eigenvalue weighted by Gasteiger charge is 2.20. The van der Waals surface area contributed by atoms with Crippen molar-refractivity contribution < 1.29 is 9.84 Å². The van der Waals surface area contributed by atoms with Gasteiger partial charge in [-0.15, -0.1) is 0 Å². The maximum Gasteiger partial charge on any atom is 0.133 e. The molecule has 0 radical (unpaired) electrons. The van der Waals surface area contributed by atoms with Gasteiger partial charge in [0, 0.05) is 38.3 Å². The van der Waals surface area contributed by atoms with Crippen LogP contribution in [0.1, 0.15) is 13.3 Å². The molecule has 0 aliphatic heterocycles. The maximum absolute atomic E-state index is 10.2. The number of aromatic nitrogens is 1. The molecular weight excluding hydrogens is 240 g/mol. The van der Waals surface area contributed by atoms with Crippen LogP contribution in [0, 0.1) is 0 Å². The van der Waals surface area contributed by atoms with Gasteiger partial charge in [0.1, 0.15) is 5.82 Å². The molecule has 102 valence electrons. The van der Waals surface area contributed by atoms with Crippen molar-refractivity contribution in [2.75, 3.05) is 25.6 Å². The SMILES string of the molecule is COCCC(C)(O)CNc1nccc2ccccc12. The van der Waals surface area contributed by atoms with Gasteiger partial charge in [0.15, 0.2) is 0 Å². The average molecular weight is 260 g/mol. The van der Waals surface area contributed by atoms with E-state index < -0.39 is 5.60 Å². The average Bonchev–Trinajstić information content (AvgIpc) is 2.43. The third kappa shape index (κ3) is 3.66. The Morgan fingerprint density at radius 3 is 2.89 bits per heavy atom. The minimum atomic E-state index is -0.811. The summed E-state index contributed by atoms with van der Waals surface area (Å²) in [6, 6.07) is 10.0. The fourth-order valence-electron chi connectivity index (χ4n) is 1.94. The Morgan fingerprint density at radius 1 is 1.32 bits per heavy atom. The normalized spacial score (nSPS) is 14.3. The first-order valence-corrected chi connectivity index (χ1v) is 6.41. The Balaban J connectivity index is 2.09. The van der Waals surface area contributed by atoms with Gasteiger partial charge < -0.3 is 15.2 Å². The predicted octanol–water partition coefficient (Wildman–Crippen LogP) is 2.43. The van der Waals surface area contributed by atoms with Gasteiger partial charge in [-0.25, -0.2) is 4.98 Å². The fourth-order valence-corrected chi connectivity index (χ4v) is 1.94. The third-order valence-corrected chi connectivity index (χ3v) is 3.16. The van der Waals surface area contributed by atoms with Crippen molar-refractivity contribution in [2.45, 2.75) is 18.9 Å². The first-order valence-electron chi connectivity index (χ1n) is 6.41. The van der Waals surface area contributed by atoms with Gasteiger partial charge in [0.2, 0.25) is 0 Å². The lowest BCUT2D eigenvalue weighted by atomic mass is 10.0. The third-order valence-electron chi connectivity index (χ3n) is 3.16. The summed E-state index contributed by atoms with van der Waals surface area (Å²) in [6.45, 7) is 2.78. The summed E-state index contributed by atoms with van der Waals surface area (Å²) in [5, 5.41) is 15.6. The lowest BCUT2D eigenvalue weighted by Gasteiger charge is -2.23. The van der Waals surface area contributed by atoms with Crippen LogP contribution in [0.2, 0.25) is 0 Å². The summed E-state index contributed by atoms with van der Waals surface area (Å²) >= 11 is 0. The first-order chi connectivity index (χ1) is 9.12.